The van der Waals surface area contributed by atoms with Gasteiger partial charge in [-0.25, -0.2) is 0 Å². The number of terminal acetylenes is 1. The van der Waals surface area contributed by atoms with E-state index in [1.807, 2.05) is 60.0 Å². The van der Waals surface area contributed by atoms with Crippen molar-refractivity contribution in [3.8, 4) is 29.4 Å². The van der Waals surface area contributed by atoms with Gasteiger partial charge in [0.2, 0.25) is 0 Å². The molecule has 4 rings (SSSR count). The van der Waals surface area contributed by atoms with E-state index in [2.05, 4.69) is 16.1 Å². The van der Waals surface area contributed by atoms with Gasteiger partial charge in [0.1, 0.15) is 5.75 Å². The molecule has 0 unspecified atom stereocenters. The zero-order chi connectivity index (χ0) is 20.2. The van der Waals surface area contributed by atoms with Crippen LogP contribution in [0, 0.1) is 12.3 Å². The third-order valence-corrected chi connectivity index (χ3v) is 5.24. The molecule has 0 bridgehead atoms. The lowest BCUT2D eigenvalue weighted by atomic mass is 10.1. The number of ether oxygens (including phenoxy) is 1. The van der Waals surface area contributed by atoms with Crippen molar-refractivity contribution in [3.63, 3.8) is 0 Å². The summed E-state index contributed by atoms with van der Waals surface area (Å²) in [5.74, 6) is 3.40. The van der Waals surface area contributed by atoms with Crippen LogP contribution in [0.2, 0.25) is 0 Å². The second-order valence-corrected chi connectivity index (χ2v) is 7.11. The summed E-state index contributed by atoms with van der Waals surface area (Å²) in [5, 5.41) is 3.87. The van der Waals surface area contributed by atoms with Crippen LogP contribution in [0.15, 0.2) is 64.1 Å². The molecule has 1 amide bonds. The number of aromatic nitrogens is 2. The minimum Gasteiger partial charge on any atom is -0.494 e. The normalized spacial score (nSPS) is 11.5. The lowest BCUT2D eigenvalue weighted by Gasteiger charge is -2.03. The molecule has 2 heterocycles. The first-order valence-electron chi connectivity index (χ1n) is 9.00. The quantitative estimate of drug-likeness (QED) is 0.470. The zero-order valence-corrected chi connectivity index (χ0v) is 16.5. The Bertz CT molecular complexity index is 1280. The first-order chi connectivity index (χ1) is 14.2. The minimum absolute atomic E-state index is 0.142. The van der Waals surface area contributed by atoms with Crippen LogP contribution in [-0.4, -0.2) is 22.2 Å². The Morgan fingerprint density at radius 1 is 1.28 bits per heavy atom. The van der Waals surface area contributed by atoms with Gasteiger partial charge in [-0.1, -0.05) is 52.7 Å². The molecule has 2 aromatic carbocycles. The van der Waals surface area contributed by atoms with Crippen LogP contribution in [0.1, 0.15) is 17.4 Å². The number of carbonyl (C=O) groups is 1. The van der Waals surface area contributed by atoms with Crippen LogP contribution >= 0.6 is 11.3 Å². The van der Waals surface area contributed by atoms with Gasteiger partial charge < -0.3 is 13.8 Å². The largest absolute Gasteiger partial charge is 0.494 e. The van der Waals surface area contributed by atoms with E-state index in [1.165, 1.54) is 11.3 Å². The van der Waals surface area contributed by atoms with Gasteiger partial charge in [-0.2, -0.15) is 4.99 Å². The van der Waals surface area contributed by atoms with Gasteiger partial charge in [0, 0.05) is 11.6 Å². The molecule has 6 nitrogen and oxygen atoms in total. The van der Waals surface area contributed by atoms with Crippen LogP contribution in [0.3, 0.4) is 0 Å². The molecule has 7 heteroatoms. The van der Waals surface area contributed by atoms with E-state index < -0.39 is 5.91 Å². The van der Waals surface area contributed by atoms with E-state index in [4.69, 9.17) is 15.7 Å². The molecule has 0 aliphatic carbocycles. The van der Waals surface area contributed by atoms with Crippen molar-refractivity contribution < 1.29 is 14.1 Å². The Morgan fingerprint density at radius 2 is 2.10 bits per heavy atom. The number of fused-ring (bicyclic) bond motifs is 1. The van der Waals surface area contributed by atoms with Crippen molar-refractivity contribution >= 4 is 27.5 Å². The van der Waals surface area contributed by atoms with Crippen molar-refractivity contribution in [2.24, 2.45) is 4.99 Å². The average molecular weight is 403 g/mol. The third-order valence-electron chi connectivity index (χ3n) is 4.20. The maximum absolute atomic E-state index is 12.7. The maximum atomic E-state index is 12.7. The second-order valence-electron chi connectivity index (χ2n) is 6.10. The van der Waals surface area contributed by atoms with Gasteiger partial charge in [0.05, 0.1) is 23.4 Å². The number of benzene rings is 2. The summed E-state index contributed by atoms with van der Waals surface area (Å²) < 4.78 is 13.6. The minimum atomic E-state index is -0.488. The summed E-state index contributed by atoms with van der Waals surface area (Å²) in [7, 11) is 0. The smallest absolute Gasteiger partial charge is 0.301 e. The van der Waals surface area contributed by atoms with Gasteiger partial charge in [-0.3, -0.25) is 4.79 Å². The first-order valence-corrected chi connectivity index (χ1v) is 9.82. The van der Waals surface area contributed by atoms with E-state index in [0.717, 1.165) is 21.5 Å². The molecular weight excluding hydrogens is 386 g/mol. The molecule has 0 N–H and O–H groups in total. The number of hydrogen-bond donors (Lipinski definition) is 0. The van der Waals surface area contributed by atoms with Crippen molar-refractivity contribution in [2.45, 2.75) is 13.5 Å². The molecule has 0 spiro atoms. The van der Waals surface area contributed by atoms with E-state index in [0.29, 0.717) is 23.7 Å². The number of nitrogens with zero attached hydrogens (tertiary/aromatic N) is 3. The first kappa shape index (κ1) is 18.7. The maximum Gasteiger partial charge on any atom is 0.301 e. The Kier molecular flexibility index (Phi) is 5.27. The summed E-state index contributed by atoms with van der Waals surface area (Å²) in [6, 6.07) is 16.8. The van der Waals surface area contributed by atoms with Crippen molar-refractivity contribution in [1.82, 2.24) is 9.72 Å². The molecule has 144 valence electrons. The predicted molar refractivity (Wildman–Crippen MR) is 112 cm³/mol. The van der Waals surface area contributed by atoms with E-state index in [9.17, 15) is 4.79 Å². The molecule has 0 saturated heterocycles. The predicted octanol–water partition coefficient (Wildman–Crippen LogP) is 4.13. The highest BCUT2D eigenvalue weighted by atomic mass is 32.1. The van der Waals surface area contributed by atoms with Gasteiger partial charge in [-0.15, -0.1) is 6.42 Å². The molecule has 0 aliphatic heterocycles. The SMILES string of the molecule is C#CCn1c(=NC(=O)c2cc(-c3ccccc3)on2)sc2cc(OCC)ccc21. The van der Waals surface area contributed by atoms with E-state index in [1.54, 1.807) is 6.07 Å². The molecule has 0 atom stereocenters. The number of rotatable bonds is 5. The highest BCUT2D eigenvalue weighted by Gasteiger charge is 2.14. The van der Waals surface area contributed by atoms with Crippen LogP contribution in [0.4, 0.5) is 0 Å². The second kappa shape index (κ2) is 8.17. The lowest BCUT2D eigenvalue weighted by Crippen LogP contribution is -2.16. The number of amides is 1. The number of hydrogen-bond acceptors (Lipinski definition) is 5. The average Bonchev–Trinajstić information content (AvgIpc) is 3.35. The molecule has 0 radical (unpaired) electrons. The fourth-order valence-electron chi connectivity index (χ4n) is 2.90. The molecule has 0 aliphatic rings. The topological polar surface area (TPSA) is 69.6 Å². The molecule has 2 aromatic heterocycles. The van der Waals surface area contributed by atoms with Crippen LogP contribution in [0.5, 0.6) is 5.75 Å². The molecule has 4 aromatic rings. The summed E-state index contributed by atoms with van der Waals surface area (Å²) in [6.07, 6.45) is 5.52. The van der Waals surface area contributed by atoms with Crippen LogP contribution in [0.25, 0.3) is 21.5 Å². The van der Waals surface area contributed by atoms with Gasteiger partial charge in [0.15, 0.2) is 16.3 Å². The van der Waals surface area contributed by atoms with Crippen LogP contribution < -0.4 is 9.54 Å². The van der Waals surface area contributed by atoms with Gasteiger partial charge in [-0.05, 0) is 25.1 Å². The summed E-state index contributed by atoms with van der Waals surface area (Å²) >= 11 is 1.37. The van der Waals surface area contributed by atoms with Crippen LogP contribution in [-0.2, 0) is 6.54 Å². The Labute approximate surface area is 171 Å². The Hall–Kier alpha value is -3.63. The zero-order valence-electron chi connectivity index (χ0n) is 15.7. The van der Waals surface area contributed by atoms with Crippen molar-refractivity contribution in [3.05, 3.63) is 65.1 Å². The summed E-state index contributed by atoms with van der Waals surface area (Å²) in [4.78, 5) is 17.4. The van der Waals surface area contributed by atoms with Crippen molar-refractivity contribution in [2.75, 3.05) is 6.61 Å². The van der Waals surface area contributed by atoms with Crippen molar-refractivity contribution in [1.29, 1.82) is 0 Å². The molecular formula is C22H17N3O3S. The summed E-state index contributed by atoms with van der Waals surface area (Å²) in [5.41, 5.74) is 1.88. The fourth-order valence-corrected chi connectivity index (χ4v) is 3.95. The number of thiazole rings is 1. The third kappa shape index (κ3) is 3.84. The molecule has 0 fully saturated rings. The summed E-state index contributed by atoms with van der Waals surface area (Å²) in [6.45, 7) is 2.80. The Morgan fingerprint density at radius 3 is 2.86 bits per heavy atom. The highest BCUT2D eigenvalue weighted by molar-refractivity contribution is 7.16. The lowest BCUT2D eigenvalue weighted by molar-refractivity contribution is 0.0989. The standard InChI is InChI=1S/C22H17N3O3S/c1-3-12-25-18-11-10-16(27-4-2)13-20(18)29-22(25)23-21(26)17-14-19(28-24-17)15-8-6-5-7-9-15/h1,5-11,13-14H,4,12H2,2H3. The Balaban J connectivity index is 1.73. The van der Waals surface area contributed by atoms with E-state index >= 15 is 0 Å². The monoisotopic (exact) mass is 403 g/mol. The molecule has 0 saturated carbocycles. The molecule has 29 heavy (non-hydrogen) atoms. The highest BCUT2D eigenvalue weighted by Crippen LogP contribution is 2.24. The van der Waals surface area contributed by atoms with E-state index in [-0.39, 0.29) is 5.69 Å². The number of carbonyl (C=O) groups excluding carboxylic acids is 1. The fraction of sp³-hybridized carbons (Fsp3) is 0.136. The van der Waals surface area contributed by atoms with Gasteiger partial charge in [0.25, 0.3) is 0 Å². The van der Waals surface area contributed by atoms with Gasteiger partial charge >= 0.3 is 5.91 Å².